The minimum atomic E-state index is -0.547. The number of hydrogen-bond acceptors (Lipinski definition) is 6. The highest BCUT2D eigenvalue weighted by molar-refractivity contribution is 7.99. The van der Waals surface area contributed by atoms with E-state index in [1.165, 1.54) is 0 Å². The SMILES string of the molecule is CCSc1nccnc1OCC(O)CNC(C)C. The second kappa shape index (κ2) is 8.29. The van der Waals surface area contributed by atoms with Gasteiger partial charge in [-0.25, -0.2) is 9.97 Å². The van der Waals surface area contributed by atoms with E-state index in [1.54, 1.807) is 24.2 Å². The summed E-state index contributed by atoms with van der Waals surface area (Å²) >= 11 is 1.58. The highest BCUT2D eigenvalue weighted by Gasteiger charge is 2.10. The van der Waals surface area contributed by atoms with E-state index in [1.807, 2.05) is 20.8 Å². The first-order valence-corrected chi connectivity index (χ1v) is 7.10. The van der Waals surface area contributed by atoms with Crippen molar-refractivity contribution in [1.29, 1.82) is 0 Å². The van der Waals surface area contributed by atoms with E-state index in [9.17, 15) is 5.11 Å². The molecule has 5 nitrogen and oxygen atoms in total. The van der Waals surface area contributed by atoms with Crippen LogP contribution in [0.25, 0.3) is 0 Å². The highest BCUT2D eigenvalue weighted by Crippen LogP contribution is 2.23. The molecule has 6 heteroatoms. The van der Waals surface area contributed by atoms with Crippen LogP contribution in [0, 0.1) is 0 Å². The van der Waals surface area contributed by atoms with Gasteiger partial charge < -0.3 is 15.2 Å². The predicted octanol–water partition coefficient (Wildman–Crippen LogP) is 1.33. The Morgan fingerprint density at radius 2 is 2.11 bits per heavy atom. The van der Waals surface area contributed by atoms with E-state index < -0.39 is 6.10 Å². The van der Waals surface area contributed by atoms with Crippen molar-refractivity contribution in [3.63, 3.8) is 0 Å². The lowest BCUT2D eigenvalue weighted by molar-refractivity contribution is 0.0999. The molecule has 0 aliphatic carbocycles. The molecule has 1 atom stereocenters. The summed E-state index contributed by atoms with van der Waals surface area (Å²) in [5.74, 6) is 1.40. The van der Waals surface area contributed by atoms with E-state index in [-0.39, 0.29) is 6.61 Å². The van der Waals surface area contributed by atoms with Crippen molar-refractivity contribution in [2.75, 3.05) is 18.9 Å². The average Bonchev–Trinajstić information content (AvgIpc) is 2.35. The largest absolute Gasteiger partial charge is 0.473 e. The van der Waals surface area contributed by atoms with Gasteiger partial charge in [-0.15, -0.1) is 11.8 Å². The monoisotopic (exact) mass is 271 g/mol. The normalized spacial score (nSPS) is 12.7. The van der Waals surface area contributed by atoms with Crippen LogP contribution in [0.1, 0.15) is 20.8 Å². The van der Waals surface area contributed by atoms with E-state index in [0.717, 1.165) is 10.8 Å². The molecule has 0 aromatic carbocycles. The second-order valence-electron chi connectivity index (χ2n) is 4.13. The molecule has 2 N–H and O–H groups in total. The minimum Gasteiger partial charge on any atom is -0.473 e. The molecule has 0 fully saturated rings. The summed E-state index contributed by atoms with van der Waals surface area (Å²) in [6, 6.07) is 0.349. The fraction of sp³-hybridized carbons (Fsp3) is 0.667. The fourth-order valence-corrected chi connectivity index (χ4v) is 1.90. The summed E-state index contributed by atoms with van der Waals surface area (Å²) in [5.41, 5.74) is 0. The van der Waals surface area contributed by atoms with Crippen LogP contribution in [-0.4, -0.2) is 46.1 Å². The van der Waals surface area contributed by atoms with Gasteiger partial charge in [-0.3, -0.25) is 0 Å². The molecule has 0 radical (unpaired) electrons. The van der Waals surface area contributed by atoms with Gasteiger partial charge in [-0.2, -0.15) is 0 Å². The van der Waals surface area contributed by atoms with E-state index in [2.05, 4.69) is 15.3 Å². The quantitative estimate of drug-likeness (QED) is 0.695. The molecule has 0 amide bonds. The number of aromatic nitrogens is 2. The number of aliphatic hydroxyl groups is 1. The van der Waals surface area contributed by atoms with Crippen LogP contribution in [0.3, 0.4) is 0 Å². The summed E-state index contributed by atoms with van der Waals surface area (Å²) in [6.07, 6.45) is 2.68. The van der Waals surface area contributed by atoms with E-state index >= 15 is 0 Å². The highest BCUT2D eigenvalue weighted by atomic mass is 32.2. The van der Waals surface area contributed by atoms with Crippen LogP contribution in [0.5, 0.6) is 5.88 Å². The maximum Gasteiger partial charge on any atom is 0.246 e. The summed E-state index contributed by atoms with van der Waals surface area (Å²) < 4.78 is 5.50. The van der Waals surface area contributed by atoms with Crippen LogP contribution in [-0.2, 0) is 0 Å². The molecule has 1 aromatic heterocycles. The maximum absolute atomic E-state index is 9.74. The Balaban J connectivity index is 2.42. The number of rotatable bonds is 8. The van der Waals surface area contributed by atoms with Gasteiger partial charge in [0.15, 0.2) is 5.03 Å². The van der Waals surface area contributed by atoms with Crippen LogP contribution < -0.4 is 10.1 Å². The number of nitrogens with zero attached hydrogens (tertiary/aromatic N) is 2. The Morgan fingerprint density at radius 1 is 1.39 bits per heavy atom. The van der Waals surface area contributed by atoms with Gasteiger partial charge in [0.05, 0.1) is 0 Å². The fourth-order valence-electron chi connectivity index (χ4n) is 1.25. The lowest BCUT2D eigenvalue weighted by Gasteiger charge is -2.15. The van der Waals surface area contributed by atoms with E-state index in [4.69, 9.17) is 4.74 Å². The first-order valence-electron chi connectivity index (χ1n) is 6.11. The smallest absolute Gasteiger partial charge is 0.246 e. The van der Waals surface area contributed by atoms with Gasteiger partial charge in [0.25, 0.3) is 0 Å². The van der Waals surface area contributed by atoms with Crippen molar-refractivity contribution >= 4 is 11.8 Å². The van der Waals surface area contributed by atoms with Crippen LogP contribution >= 0.6 is 11.8 Å². The molecule has 0 aliphatic rings. The lowest BCUT2D eigenvalue weighted by Crippen LogP contribution is -2.35. The molecule has 0 saturated carbocycles. The molecule has 0 aliphatic heterocycles. The molecular weight excluding hydrogens is 250 g/mol. The Bertz CT molecular complexity index is 350. The first kappa shape index (κ1) is 15.2. The topological polar surface area (TPSA) is 67.3 Å². The second-order valence-corrected chi connectivity index (χ2v) is 5.38. The lowest BCUT2D eigenvalue weighted by atomic mass is 10.3. The average molecular weight is 271 g/mol. The van der Waals surface area contributed by atoms with Gasteiger partial charge in [0.1, 0.15) is 12.7 Å². The number of aliphatic hydroxyl groups excluding tert-OH is 1. The van der Waals surface area contributed by atoms with Crippen LogP contribution in [0.2, 0.25) is 0 Å². The number of hydrogen-bond donors (Lipinski definition) is 2. The van der Waals surface area contributed by atoms with Gasteiger partial charge in [0, 0.05) is 25.0 Å². The van der Waals surface area contributed by atoms with Crippen molar-refractivity contribution in [1.82, 2.24) is 15.3 Å². The summed E-state index contributed by atoms with van der Waals surface area (Å²) in [6.45, 7) is 6.84. The molecule has 18 heavy (non-hydrogen) atoms. The van der Waals surface area contributed by atoms with Crippen molar-refractivity contribution in [2.24, 2.45) is 0 Å². The Hall–Kier alpha value is -0.850. The standard InChI is InChI=1S/C12H21N3O2S/c1-4-18-12-11(13-5-6-14-12)17-8-10(16)7-15-9(2)3/h5-6,9-10,15-16H,4,7-8H2,1-3H3. The predicted molar refractivity (Wildman–Crippen MR) is 73.1 cm³/mol. The Kier molecular flexibility index (Phi) is 7.00. The molecule has 1 rings (SSSR count). The molecular formula is C12H21N3O2S. The summed E-state index contributed by atoms with van der Waals surface area (Å²) in [4.78, 5) is 8.33. The number of nitrogens with one attached hydrogen (secondary N) is 1. The zero-order valence-corrected chi connectivity index (χ0v) is 11.9. The third-order valence-electron chi connectivity index (χ3n) is 2.09. The maximum atomic E-state index is 9.74. The zero-order chi connectivity index (χ0) is 13.4. The van der Waals surface area contributed by atoms with Gasteiger partial charge in [-0.1, -0.05) is 20.8 Å². The molecule has 1 unspecified atom stereocenters. The van der Waals surface area contributed by atoms with Crippen molar-refractivity contribution in [3.8, 4) is 5.88 Å². The van der Waals surface area contributed by atoms with Gasteiger partial charge >= 0.3 is 0 Å². The molecule has 0 saturated heterocycles. The zero-order valence-electron chi connectivity index (χ0n) is 11.1. The molecule has 1 heterocycles. The molecule has 0 spiro atoms. The third kappa shape index (κ3) is 5.66. The van der Waals surface area contributed by atoms with Crippen molar-refractivity contribution in [2.45, 2.75) is 37.9 Å². The molecule has 0 bridgehead atoms. The Morgan fingerprint density at radius 3 is 2.78 bits per heavy atom. The first-order chi connectivity index (χ1) is 8.63. The van der Waals surface area contributed by atoms with E-state index in [0.29, 0.717) is 18.5 Å². The molecule has 102 valence electrons. The summed E-state index contributed by atoms with van der Waals surface area (Å²) in [5, 5.41) is 13.7. The van der Waals surface area contributed by atoms with Gasteiger partial charge in [0.2, 0.25) is 5.88 Å². The summed E-state index contributed by atoms with van der Waals surface area (Å²) in [7, 11) is 0. The number of ether oxygens (including phenoxy) is 1. The minimum absolute atomic E-state index is 0.218. The van der Waals surface area contributed by atoms with Crippen molar-refractivity contribution < 1.29 is 9.84 Å². The van der Waals surface area contributed by atoms with Gasteiger partial charge in [-0.05, 0) is 5.75 Å². The van der Waals surface area contributed by atoms with Crippen molar-refractivity contribution in [3.05, 3.63) is 12.4 Å². The Labute approximate surface area is 112 Å². The van der Waals surface area contributed by atoms with Crippen LogP contribution in [0.15, 0.2) is 17.4 Å². The van der Waals surface area contributed by atoms with Crippen LogP contribution in [0.4, 0.5) is 0 Å². The molecule has 1 aromatic rings. The number of thioether (sulfide) groups is 1. The third-order valence-corrected chi connectivity index (χ3v) is 2.93.